The molecule has 0 fully saturated rings. The maximum absolute atomic E-state index is 11.6. The Balaban J connectivity index is 2.41. The van der Waals surface area contributed by atoms with Gasteiger partial charge in [0, 0.05) is 12.3 Å². The van der Waals surface area contributed by atoms with Crippen LogP contribution in [0.15, 0.2) is 24.3 Å². The zero-order valence-corrected chi connectivity index (χ0v) is 13.6. The van der Waals surface area contributed by atoms with Gasteiger partial charge in [-0.2, -0.15) is 0 Å². The van der Waals surface area contributed by atoms with Gasteiger partial charge in [0.15, 0.2) is 0 Å². The summed E-state index contributed by atoms with van der Waals surface area (Å²) in [5.74, 6) is 0.602. The van der Waals surface area contributed by atoms with Crippen molar-refractivity contribution in [3.63, 3.8) is 0 Å². The van der Waals surface area contributed by atoms with Crippen LogP contribution in [0.5, 0.6) is 5.75 Å². The molecule has 0 saturated heterocycles. The van der Waals surface area contributed by atoms with E-state index in [0.717, 1.165) is 0 Å². The van der Waals surface area contributed by atoms with Crippen molar-refractivity contribution in [1.82, 2.24) is 0 Å². The summed E-state index contributed by atoms with van der Waals surface area (Å²) in [5, 5.41) is 12.2. The van der Waals surface area contributed by atoms with Gasteiger partial charge >= 0.3 is 6.09 Å². The molecule has 0 saturated carbocycles. The molecule has 0 radical (unpaired) electrons. The first-order chi connectivity index (χ1) is 10.3. The number of hydrogen-bond acceptors (Lipinski definition) is 5. The third-order valence-corrected chi connectivity index (χ3v) is 2.46. The Bertz CT molecular complexity index is 453. The molecule has 0 bridgehead atoms. The van der Waals surface area contributed by atoms with Crippen molar-refractivity contribution >= 4 is 11.8 Å². The van der Waals surface area contributed by atoms with Gasteiger partial charge in [0.1, 0.15) is 24.1 Å². The summed E-state index contributed by atoms with van der Waals surface area (Å²) in [6.45, 7) is 8.23. The molecular formula is C16H25NO5. The highest BCUT2D eigenvalue weighted by Gasteiger charge is 2.16. The topological polar surface area (TPSA) is 77.0 Å². The lowest BCUT2D eigenvalue weighted by Gasteiger charge is -2.19. The predicted molar refractivity (Wildman–Crippen MR) is 84.3 cm³/mol. The molecule has 0 aliphatic rings. The van der Waals surface area contributed by atoms with Crippen LogP contribution in [0.4, 0.5) is 10.5 Å². The van der Waals surface area contributed by atoms with Gasteiger partial charge in [-0.25, -0.2) is 4.79 Å². The number of anilines is 1. The van der Waals surface area contributed by atoms with Crippen LogP contribution in [0.1, 0.15) is 27.7 Å². The second-order valence-corrected chi connectivity index (χ2v) is 5.78. The highest BCUT2D eigenvalue weighted by atomic mass is 16.6. The van der Waals surface area contributed by atoms with Crippen LogP contribution < -0.4 is 10.1 Å². The molecule has 1 aromatic carbocycles. The van der Waals surface area contributed by atoms with Crippen molar-refractivity contribution in [3.8, 4) is 5.75 Å². The third-order valence-electron chi connectivity index (χ3n) is 2.46. The average Bonchev–Trinajstić information content (AvgIpc) is 2.42. The standard InChI is InChI=1S/C16H25NO5/c1-5-20-10-13(18)11-21-14-8-6-12(7-9-14)17-15(19)22-16(2,3)4/h6-9,13,18H,5,10-11H2,1-4H3,(H,17,19). The van der Waals surface area contributed by atoms with Gasteiger partial charge in [0.2, 0.25) is 0 Å². The molecule has 0 spiro atoms. The van der Waals surface area contributed by atoms with Crippen molar-refractivity contribution in [2.75, 3.05) is 25.1 Å². The molecule has 1 amide bonds. The smallest absolute Gasteiger partial charge is 0.412 e. The Morgan fingerprint density at radius 2 is 1.86 bits per heavy atom. The summed E-state index contributed by atoms with van der Waals surface area (Å²) in [7, 11) is 0. The SMILES string of the molecule is CCOCC(O)COc1ccc(NC(=O)OC(C)(C)C)cc1. The number of ether oxygens (including phenoxy) is 3. The van der Waals surface area contributed by atoms with Crippen molar-refractivity contribution in [1.29, 1.82) is 0 Å². The normalized spacial score (nSPS) is 12.6. The van der Waals surface area contributed by atoms with Gasteiger partial charge in [0.25, 0.3) is 0 Å². The minimum absolute atomic E-state index is 0.152. The lowest BCUT2D eigenvalue weighted by molar-refractivity contribution is 0.0164. The average molecular weight is 311 g/mol. The van der Waals surface area contributed by atoms with E-state index in [0.29, 0.717) is 18.0 Å². The Morgan fingerprint density at radius 1 is 1.23 bits per heavy atom. The van der Waals surface area contributed by atoms with E-state index in [1.807, 2.05) is 6.92 Å². The lowest BCUT2D eigenvalue weighted by atomic mass is 10.2. The number of carbonyl (C=O) groups excluding carboxylic acids is 1. The van der Waals surface area contributed by atoms with E-state index < -0.39 is 17.8 Å². The fourth-order valence-electron chi connectivity index (χ4n) is 1.55. The van der Waals surface area contributed by atoms with Crippen molar-refractivity contribution in [3.05, 3.63) is 24.3 Å². The number of aliphatic hydroxyl groups is 1. The molecule has 1 atom stereocenters. The second kappa shape index (κ2) is 8.60. The molecule has 0 heterocycles. The largest absolute Gasteiger partial charge is 0.491 e. The molecule has 22 heavy (non-hydrogen) atoms. The van der Waals surface area contributed by atoms with Crippen LogP contribution in [-0.2, 0) is 9.47 Å². The van der Waals surface area contributed by atoms with Crippen LogP contribution >= 0.6 is 0 Å². The lowest BCUT2D eigenvalue weighted by Crippen LogP contribution is -2.27. The monoisotopic (exact) mass is 311 g/mol. The van der Waals surface area contributed by atoms with Crippen LogP contribution in [-0.4, -0.2) is 42.7 Å². The van der Waals surface area contributed by atoms with Crippen molar-refractivity contribution < 1.29 is 24.1 Å². The van der Waals surface area contributed by atoms with E-state index in [2.05, 4.69) is 5.32 Å². The Morgan fingerprint density at radius 3 is 2.41 bits per heavy atom. The molecule has 0 aromatic heterocycles. The second-order valence-electron chi connectivity index (χ2n) is 5.78. The molecule has 124 valence electrons. The highest BCUT2D eigenvalue weighted by molar-refractivity contribution is 5.84. The zero-order valence-electron chi connectivity index (χ0n) is 13.6. The van der Waals surface area contributed by atoms with Crippen LogP contribution in [0.3, 0.4) is 0 Å². The summed E-state index contributed by atoms with van der Waals surface area (Å²) in [6.07, 6.45) is -1.17. The number of nitrogens with one attached hydrogen (secondary N) is 1. The Hall–Kier alpha value is -1.79. The van der Waals surface area contributed by atoms with Crippen LogP contribution in [0.25, 0.3) is 0 Å². The number of amides is 1. The quantitative estimate of drug-likeness (QED) is 0.809. The summed E-state index contributed by atoms with van der Waals surface area (Å²) >= 11 is 0. The summed E-state index contributed by atoms with van der Waals surface area (Å²) < 4.78 is 15.7. The summed E-state index contributed by atoms with van der Waals surface area (Å²) in [4.78, 5) is 11.6. The van der Waals surface area contributed by atoms with E-state index in [1.54, 1.807) is 45.0 Å². The molecule has 1 aromatic rings. The number of benzene rings is 1. The fourth-order valence-corrected chi connectivity index (χ4v) is 1.55. The Labute approximate surface area is 131 Å². The molecule has 1 unspecified atom stereocenters. The van der Waals surface area contributed by atoms with Gasteiger partial charge in [-0.05, 0) is 52.0 Å². The molecule has 1 rings (SSSR count). The number of hydrogen-bond donors (Lipinski definition) is 2. The van der Waals surface area contributed by atoms with E-state index in [4.69, 9.17) is 14.2 Å². The molecule has 6 heteroatoms. The van der Waals surface area contributed by atoms with Gasteiger partial charge in [-0.3, -0.25) is 5.32 Å². The molecule has 2 N–H and O–H groups in total. The minimum atomic E-state index is -0.667. The third kappa shape index (κ3) is 7.85. The van der Waals surface area contributed by atoms with Crippen molar-refractivity contribution in [2.24, 2.45) is 0 Å². The van der Waals surface area contributed by atoms with Gasteiger partial charge < -0.3 is 19.3 Å². The molecule has 0 aliphatic carbocycles. The van der Waals surface area contributed by atoms with E-state index >= 15 is 0 Å². The van der Waals surface area contributed by atoms with E-state index in [9.17, 15) is 9.90 Å². The first-order valence-electron chi connectivity index (χ1n) is 7.29. The minimum Gasteiger partial charge on any atom is -0.491 e. The fraction of sp³-hybridized carbons (Fsp3) is 0.562. The maximum atomic E-state index is 11.6. The first-order valence-corrected chi connectivity index (χ1v) is 7.29. The summed E-state index contributed by atoms with van der Waals surface area (Å²) in [6, 6.07) is 6.82. The first kappa shape index (κ1) is 18.3. The van der Waals surface area contributed by atoms with E-state index in [1.165, 1.54) is 0 Å². The maximum Gasteiger partial charge on any atom is 0.412 e. The van der Waals surface area contributed by atoms with Crippen LogP contribution in [0, 0.1) is 0 Å². The zero-order chi connectivity index (χ0) is 16.6. The van der Waals surface area contributed by atoms with E-state index in [-0.39, 0.29) is 13.2 Å². The molecule has 0 aliphatic heterocycles. The molecular weight excluding hydrogens is 286 g/mol. The number of carbonyl (C=O) groups is 1. The van der Waals surface area contributed by atoms with Gasteiger partial charge in [-0.1, -0.05) is 0 Å². The van der Waals surface area contributed by atoms with Crippen molar-refractivity contribution in [2.45, 2.75) is 39.4 Å². The predicted octanol–water partition coefficient (Wildman–Crippen LogP) is 2.81. The van der Waals surface area contributed by atoms with Gasteiger partial charge in [-0.15, -0.1) is 0 Å². The number of rotatable bonds is 7. The highest BCUT2D eigenvalue weighted by Crippen LogP contribution is 2.17. The number of aliphatic hydroxyl groups excluding tert-OH is 1. The van der Waals surface area contributed by atoms with Crippen LogP contribution in [0.2, 0.25) is 0 Å². The molecule has 6 nitrogen and oxygen atoms in total. The summed E-state index contributed by atoms with van der Waals surface area (Å²) in [5.41, 5.74) is 0.0700. The van der Waals surface area contributed by atoms with Gasteiger partial charge in [0.05, 0.1) is 6.61 Å². The Kier molecular flexibility index (Phi) is 7.14.